The van der Waals surface area contributed by atoms with E-state index in [1.807, 2.05) is 42.6 Å². The third-order valence-corrected chi connectivity index (χ3v) is 13.0. The molecule has 11 aromatic rings. The fourth-order valence-electron chi connectivity index (χ4n) is 9.43. The Hall–Kier alpha value is -6.59. The molecule has 68 heavy (non-hydrogen) atoms. The van der Waals surface area contributed by atoms with Gasteiger partial charge in [0.05, 0.1) is 22.4 Å². The summed E-state index contributed by atoms with van der Waals surface area (Å²) in [4.78, 5) is 9.78. The number of imidazole rings is 1. The van der Waals surface area contributed by atoms with Crippen LogP contribution in [-0.2, 0) is 30.9 Å². The molecule has 0 unspecified atom stereocenters. The molecule has 4 heterocycles. The Morgan fingerprint density at radius 2 is 1.25 bits per heavy atom. The van der Waals surface area contributed by atoms with Gasteiger partial charge in [-0.05, 0) is 105 Å². The topological polar surface area (TPSA) is 57.0 Å². The van der Waals surface area contributed by atoms with Crippen molar-refractivity contribution in [3.63, 3.8) is 0 Å². The van der Waals surface area contributed by atoms with Crippen LogP contribution in [0, 0.1) is 12.1 Å². The molecule has 0 aliphatic carbocycles. The molecule has 4 aromatic heterocycles. The minimum atomic E-state index is -0.157. The van der Waals surface area contributed by atoms with E-state index in [0.717, 1.165) is 77.6 Å². The van der Waals surface area contributed by atoms with E-state index in [2.05, 4.69) is 200 Å². The molecule has 0 saturated heterocycles. The molecule has 1 radical (unpaired) electrons. The Bertz CT molecular complexity index is 3570. The summed E-state index contributed by atoms with van der Waals surface area (Å²) in [7, 11) is 0. The largest absolute Gasteiger partial charge is 0.501 e. The third kappa shape index (κ3) is 8.50. The monoisotopic (exact) mass is 1070 g/mol. The molecule has 0 aliphatic heterocycles. The van der Waals surface area contributed by atoms with Crippen molar-refractivity contribution < 1.29 is 28.9 Å². The standard InChI is InChI=1S/C47H41N2O2.C15H16N.Ir/c1-27(2)33-23-30(29-15-9-8-10-16-29)24-34(28(3)4)44(33)49-39-19-13-12-18-38(39)48-46(49)32-21-22-37(47(5,6)7)43-36-26-41-35(25-42(36)51-45(32)43)31-17-11-14-20-40(31)50-41;1-15(2,3)13-9-10-16-14(11-13)12-7-5-4-6-8-12;/h8-20,22-28H,1-7H3;4-7,9-11H,1-3H3;/q2*-1;. The molecule has 5 nitrogen and oxygen atoms in total. The van der Waals surface area contributed by atoms with Crippen LogP contribution >= 0.6 is 0 Å². The Kier molecular flexibility index (Phi) is 12.4. The SMILES string of the molecule is CC(C)(C)c1ccnc(-c2[c-]cccc2)c1.CC(C)c1cc(-c2ccccc2)cc(C(C)C)c1-n1c(-c2[c-]cc(C(C)(C)C)c3c2oc2cc4c(cc23)oc2ccccc24)nc2ccccc21.[Ir]. The van der Waals surface area contributed by atoms with E-state index in [0.29, 0.717) is 0 Å². The van der Waals surface area contributed by atoms with Gasteiger partial charge in [0.2, 0.25) is 0 Å². The van der Waals surface area contributed by atoms with Crippen molar-refractivity contribution >= 4 is 54.9 Å². The number of pyridine rings is 1. The quantitative estimate of drug-likeness (QED) is 0.156. The van der Waals surface area contributed by atoms with E-state index in [1.54, 1.807) is 0 Å². The number of para-hydroxylation sites is 3. The number of hydrogen-bond acceptors (Lipinski definition) is 4. The molecule has 0 N–H and O–H groups in total. The zero-order valence-electron chi connectivity index (χ0n) is 40.6. The molecule has 0 saturated carbocycles. The number of benzene rings is 7. The van der Waals surface area contributed by atoms with E-state index in [4.69, 9.17) is 13.8 Å². The van der Waals surface area contributed by atoms with Gasteiger partial charge in [0.1, 0.15) is 16.7 Å². The fourth-order valence-corrected chi connectivity index (χ4v) is 9.43. The van der Waals surface area contributed by atoms with Crippen LogP contribution < -0.4 is 0 Å². The minimum Gasteiger partial charge on any atom is -0.501 e. The van der Waals surface area contributed by atoms with Gasteiger partial charge in [-0.1, -0.05) is 147 Å². The predicted octanol–water partition coefficient (Wildman–Crippen LogP) is 17.3. The van der Waals surface area contributed by atoms with Crippen molar-refractivity contribution in [1.29, 1.82) is 0 Å². The van der Waals surface area contributed by atoms with E-state index >= 15 is 0 Å². The maximum absolute atomic E-state index is 6.99. The summed E-state index contributed by atoms with van der Waals surface area (Å²) in [6.45, 7) is 22.5. The first kappa shape index (κ1) is 46.5. The Balaban J connectivity index is 0.000000289. The number of hydrogen-bond donors (Lipinski definition) is 0. The molecular formula is C62H57IrN3O2-2. The van der Waals surface area contributed by atoms with Gasteiger partial charge in [-0.15, -0.1) is 53.6 Å². The Morgan fingerprint density at radius 3 is 1.94 bits per heavy atom. The molecule has 11 rings (SSSR count). The summed E-state index contributed by atoms with van der Waals surface area (Å²) in [5, 5.41) is 4.26. The van der Waals surface area contributed by atoms with Crippen LogP contribution in [-0.4, -0.2) is 14.5 Å². The van der Waals surface area contributed by atoms with E-state index < -0.39 is 0 Å². The molecule has 343 valence electrons. The van der Waals surface area contributed by atoms with E-state index in [-0.39, 0.29) is 42.8 Å². The zero-order chi connectivity index (χ0) is 46.8. The second-order valence-electron chi connectivity index (χ2n) is 20.5. The number of nitrogens with zero attached hydrogens (tertiary/aromatic N) is 3. The summed E-state index contributed by atoms with van der Waals surface area (Å²) in [6, 6.07) is 57.7. The van der Waals surface area contributed by atoms with Crippen molar-refractivity contribution in [3.8, 4) is 39.5 Å². The van der Waals surface area contributed by atoms with Gasteiger partial charge < -0.3 is 18.4 Å². The molecule has 0 fully saturated rings. The minimum absolute atomic E-state index is 0. The maximum atomic E-state index is 6.99. The summed E-state index contributed by atoms with van der Waals surface area (Å²) in [5.41, 5.74) is 16.9. The number of fused-ring (bicyclic) bond motifs is 7. The summed E-state index contributed by atoms with van der Waals surface area (Å²) in [6.07, 6.45) is 1.87. The van der Waals surface area contributed by atoms with Gasteiger partial charge in [-0.25, -0.2) is 0 Å². The van der Waals surface area contributed by atoms with E-state index in [9.17, 15) is 0 Å². The van der Waals surface area contributed by atoms with Gasteiger partial charge in [0, 0.05) is 48.1 Å². The van der Waals surface area contributed by atoms with Crippen LogP contribution in [0.25, 0.3) is 94.4 Å². The molecule has 7 aromatic carbocycles. The molecule has 0 aliphatic rings. The van der Waals surface area contributed by atoms with Crippen LogP contribution in [0.4, 0.5) is 0 Å². The first-order chi connectivity index (χ1) is 32.2. The molecule has 0 bridgehead atoms. The second kappa shape index (κ2) is 18.1. The number of furan rings is 2. The van der Waals surface area contributed by atoms with Crippen LogP contribution in [0.15, 0.2) is 161 Å². The summed E-state index contributed by atoms with van der Waals surface area (Å²) in [5.74, 6) is 1.35. The summed E-state index contributed by atoms with van der Waals surface area (Å²) >= 11 is 0. The molecule has 0 amide bonds. The predicted molar refractivity (Wildman–Crippen MR) is 279 cm³/mol. The second-order valence-corrected chi connectivity index (χ2v) is 20.5. The fraction of sp³-hybridized carbons (Fsp3) is 0.226. The molecule has 0 atom stereocenters. The van der Waals surface area contributed by atoms with Crippen molar-refractivity contribution in [2.45, 2.75) is 91.9 Å². The Labute approximate surface area is 413 Å². The number of aromatic nitrogens is 3. The molecular weight excluding hydrogens is 1010 g/mol. The third-order valence-electron chi connectivity index (χ3n) is 13.0. The van der Waals surface area contributed by atoms with Crippen molar-refractivity contribution in [2.24, 2.45) is 0 Å². The smallest absolute Gasteiger partial charge is 0.136 e. The molecule has 0 spiro atoms. The van der Waals surface area contributed by atoms with Crippen LogP contribution in [0.2, 0.25) is 0 Å². The van der Waals surface area contributed by atoms with Crippen molar-refractivity contribution in [2.75, 3.05) is 0 Å². The van der Waals surface area contributed by atoms with Gasteiger partial charge in [0.25, 0.3) is 0 Å². The maximum Gasteiger partial charge on any atom is 0.136 e. The van der Waals surface area contributed by atoms with Crippen molar-refractivity contribution in [3.05, 3.63) is 186 Å². The zero-order valence-corrected chi connectivity index (χ0v) is 43.0. The van der Waals surface area contributed by atoms with Crippen LogP contribution in [0.3, 0.4) is 0 Å². The first-order valence-corrected chi connectivity index (χ1v) is 23.5. The Morgan fingerprint density at radius 1 is 0.588 bits per heavy atom. The first-order valence-electron chi connectivity index (χ1n) is 23.5. The van der Waals surface area contributed by atoms with Gasteiger partial charge in [-0.3, -0.25) is 4.98 Å². The van der Waals surface area contributed by atoms with Gasteiger partial charge >= 0.3 is 0 Å². The van der Waals surface area contributed by atoms with Gasteiger partial charge in [0.15, 0.2) is 0 Å². The average Bonchev–Trinajstić information content (AvgIpc) is 4.01. The average molecular weight is 1070 g/mol. The number of rotatable bonds is 6. The van der Waals surface area contributed by atoms with Crippen molar-refractivity contribution in [1.82, 2.24) is 14.5 Å². The van der Waals surface area contributed by atoms with E-state index in [1.165, 1.54) is 39.1 Å². The molecule has 6 heteroatoms. The normalized spacial score (nSPS) is 12.1. The summed E-state index contributed by atoms with van der Waals surface area (Å²) < 4.78 is 15.8. The van der Waals surface area contributed by atoms with Gasteiger partial charge in [-0.2, -0.15) is 0 Å². The van der Waals surface area contributed by atoms with Crippen LogP contribution in [0.5, 0.6) is 0 Å². The van der Waals surface area contributed by atoms with Crippen LogP contribution in [0.1, 0.15) is 103 Å².